The molecule has 2 aliphatic heterocycles. The van der Waals surface area contributed by atoms with Crippen LogP contribution in [0.5, 0.6) is 0 Å². The van der Waals surface area contributed by atoms with Crippen LogP contribution in [0, 0.1) is 6.92 Å². The number of hydrogen-bond acceptors (Lipinski definition) is 7. The first kappa shape index (κ1) is 18.5. The highest BCUT2D eigenvalue weighted by molar-refractivity contribution is 7.09. The molecule has 0 saturated carbocycles. The lowest BCUT2D eigenvalue weighted by Crippen LogP contribution is -2.52. The second-order valence-corrected chi connectivity index (χ2v) is 8.40. The SMILES string of the molecule is Cc1csc(CN2CC3(CCN(CCn4cnnc4)CC3)OCCC2=O)n1. The number of ether oxygens (including phenoxy) is 1. The van der Waals surface area contributed by atoms with Crippen molar-refractivity contribution in [2.75, 3.05) is 32.8 Å². The summed E-state index contributed by atoms with van der Waals surface area (Å²) in [7, 11) is 0. The molecule has 4 heterocycles. The zero-order valence-corrected chi connectivity index (χ0v) is 16.5. The monoisotopic (exact) mass is 390 g/mol. The zero-order chi connectivity index (χ0) is 18.7. The van der Waals surface area contributed by atoms with E-state index in [0.29, 0.717) is 26.1 Å². The van der Waals surface area contributed by atoms with E-state index in [2.05, 4.69) is 20.1 Å². The van der Waals surface area contributed by atoms with Gasteiger partial charge in [-0.3, -0.25) is 4.79 Å². The van der Waals surface area contributed by atoms with Crippen LogP contribution in [-0.4, -0.2) is 73.8 Å². The summed E-state index contributed by atoms with van der Waals surface area (Å²) in [6.45, 7) is 7.63. The summed E-state index contributed by atoms with van der Waals surface area (Å²) >= 11 is 1.63. The molecule has 2 aliphatic rings. The molecule has 2 fully saturated rings. The van der Waals surface area contributed by atoms with Crippen molar-refractivity contribution in [2.24, 2.45) is 0 Å². The third kappa shape index (κ3) is 4.53. The molecule has 0 bridgehead atoms. The minimum Gasteiger partial charge on any atom is -0.373 e. The number of hydrogen-bond donors (Lipinski definition) is 0. The van der Waals surface area contributed by atoms with Gasteiger partial charge >= 0.3 is 0 Å². The number of rotatable bonds is 5. The number of carbonyl (C=O) groups excluding carboxylic acids is 1. The van der Waals surface area contributed by atoms with Crippen molar-refractivity contribution in [1.82, 2.24) is 29.5 Å². The molecule has 1 amide bonds. The van der Waals surface area contributed by atoms with Gasteiger partial charge in [0.05, 0.1) is 31.7 Å². The van der Waals surface area contributed by atoms with Crippen LogP contribution >= 0.6 is 11.3 Å². The molecule has 4 rings (SSSR count). The maximum atomic E-state index is 12.5. The zero-order valence-electron chi connectivity index (χ0n) is 15.7. The summed E-state index contributed by atoms with van der Waals surface area (Å²) in [4.78, 5) is 21.5. The highest BCUT2D eigenvalue weighted by atomic mass is 32.1. The van der Waals surface area contributed by atoms with E-state index in [-0.39, 0.29) is 11.5 Å². The number of nitrogens with zero attached hydrogens (tertiary/aromatic N) is 6. The summed E-state index contributed by atoms with van der Waals surface area (Å²) in [5.74, 6) is 0.176. The standard InChI is InChI=1S/C18H26N6O2S/c1-15-11-27-16(21-15)10-24-12-18(26-9-2-17(24)25)3-5-22(6-4-18)7-8-23-13-19-20-14-23/h11,13-14H,2-10,12H2,1H3. The molecule has 2 aromatic rings. The highest BCUT2D eigenvalue weighted by Gasteiger charge is 2.40. The maximum absolute atomic E-state index is 12.5. The van der Waals surface area contributed by atoms with Crippen molar-refractivity contribution in [3.05, 3.63) is 28.7 Å². The smallest absolute Gasteiger partial charge is 0.225 e. The predicted octanol–water partition coefficient (Wildman–Crippen LogP) is 1.33. The van der Waals surface area contributed by atoms with Gasteiger partial charge in [-0.1, -0.05) is 0 Å². The fourth-order valence-electron chi connectivity index (χ4n) is 3.86. The summed E-state index contributed by atoms with van der Waals surface area (Å²) < 4.78 is 8.25. The average Bonchev–Trinajstić information content (AvgIpc) is 3.29. The maximum Gasteiger partial charge on any atom is 0.225 e. The van der Waals surface area contributed by atoms with Crippen molar-refractivity contribution < 1.29 is 9.53 Å². The Morgan fingerprint density at radius 1 is 1.22 bits per heavy atom. The van der Waals surface area contributed by atoms with Gasteiger partial charge in [0.15, 0.2) is 0 Å². The van der Waals surface area contributed by atoms with E-state index in [1.165, 1.54) is 0 Å². The van der Waals surface area contributed by atoms with Gasteiger partial charge in [-0.25, -0.2) is 4.98 Å². The minimum atomic E-state index is -0.217. The molecule has 1 spiro atoms. The lowest BCUT2D eigenvalue weighted by atomic mass is 9.90. The first-order chi connectivity index (χ1) is 13.1. The Hall–Kier alpha value is -1.84. The number of thiazole rings is 1. The van der Waals surface area contributed by atoms with E-state index in [0.717, 1.165) is 49.7 Å². The van der Waals surface area contributed by atoms with E-state index >= 15 is 0 Å². The molecule has 27 heavy (non-hydrogen) atoms. The van der Waals surface area contributed by atoms with Crippen LogP contribution in [0.3, 0.4) is 0 Å². The topological polar surface area (TPSA) is 76.4 Å². The molecule has 0 N–H and O–H groups in total. The first-order valence-electron chi connectivity index (χ1n) is 9.49. The van der Waals surface area contributed by atoms with Gasteiger partial charge in [0, 0.05) is 37.3 Å². The van der Waals surface area contributed by atoms with Crippen LogP contribution in [0.25, 0.3) is 0 Å². The van der Waals surface area contributed by atoms with Gasteiger partial charge in [-0.15, -0.1) is 21.5 Å². The Bertz CT molecular complexity index is 754. The molecule has 0 radical (unpaired) electrons. The van der Waals surface area contributed by atoms with E-state index < -0.39 is 0 Å². The number of piperidine rings is 1. The van der Waals surface area contributed by atoms with Crippen LogP contribution in [-0.2, 0) is 22.6 Å². The molecule has 8 nitrogen and oxygen atoms in total. The van der Waals surface area contributed by atoms with Crippen LogP contribution in [0.4, 0.5) is 0 Å². The van der Waals surface area contributed by atoms with Crippen molar-refractivity contribution in [3.63, 3.8) is 0 Å². The second-order valence-electron chi connectivity index (χ2n) is 7.46. The van der Waals surface area contributed by atoms with Crippen molar-refractivity contribution in [2.45, 2.75) is 44.9 Å². The second kappa shape index (κ2) is 8.04. The van der Waals surface area contributed by atoms with E-state index in [4.69, 9.17) is 4.74 Å². The van der Waals surface area contributed by atoms with Crippen LogP contribution < -0.4 is 0 Å². The average molecular weight is 391 g/mol. The fraction of sp³-hybridized carbons (Fsp3) is 0.667. The van der Waals surface area contributed by atoms with Gasteiger partial charge in [-0.05, 0) is 19.8 Å². The molecule has 146 valence electrons. The number of carbonyl (C=O) groups is 1. The molecule has 9 heteroatoms. The van der Waals surface area contributed by atoms with Crippen molar-refractivity contribution in [1.29, 1.82) is 0 Å². The molecule has 2 saturated heterocycles. The van der Waals surface area contributed by atoms with Crippen molar-refractivity contribution >= 4 is 17.2 Å². The van der Waals surface area contributed by atoms with Crippen molar-refractivity contribution in [3.8, 4) is 0 Å². The molecule has 0 aliphatic carbocycles. The summed E-state index contributed by atoms with van der Waals surface area (Å²) in [6, 6.07) is 0. The molecule has 2 aromatic heterocycles. The first-order valence-corrected chi connectivity index (χ1v) is 10.4. The number of amides is 1. The Balaban J connectivity index is 1.35. The van der Waals surface area contributed by atoms with Gasteiger partial charge in [0.2, 0.25) is 5.91 Å². The van der Waals surface area contributed by atoms with E-state index in [9.17, 15) is 4.79 Å². The van der Waals surface area contributed by atoms with Gasteiger partial charge < -0.3 is 19.1 Å². The van der Waals surface area contributed by atoms with E-state index in [1.807, 2.05) is 21.8 Å². The lowest BCUT2D eigenvalue weighted by molar-refractivity contribution is -0.132. The fourth-order valence-corrected chi connectivity index (χ4v) is 4.64. The van der Waals surface area contributed by atoms with Crippen LogP contribution in [0.2, 0.25) is 0 Å². The minimum absolute atomic E-state index is 0.176. The molecule has 0 unspecified atom stereocenters. The van der Waals surface area contributed by atoms with Crippen LogP contribution in [0.15, 0.2) is 18.0 Å². The molecule has 0 atom stereocenters. The third-order valence-corrected chi connectivity index (χ3v) is 6.41. The Morgan fingerprint density at radius 2 is 2.00 bits per heavy atom. The van der Waals surface area contributed by atoms with Crippen LogP contribution in [0.1, 0.15) is 30.0 Å². The normalized spacial score (nSPS) is 20.9. The Labute approximate surface area is 163 Å². The molecular formula is C18H26N6O2S. The van der Waals surface area contributed by atoms with E-state index in [1.54, 1.807) is 24.0 Å². The van der Waals surface area contributed by atoms with Gasteiger partial charge in [0.25, 0.3) is 0 Å². The molecule has 0 aromatic carbocycles. The highest BCUT2D eigenvalue weighted by Crippen LogP contribution is 2.31. The van der Waals surface area contributed by atoms with Gasteiger partial charge in [0.1, 0.15) is 17.7 Å². The summed E-state index contributed by atoms with van der Waals surface area (Å²) in [5.41, 5.74) is 0.801. The number of likely N-dealkylation sites (tertiary alicyclic amines) is 1. The Kier molecular flexibility index (Phi) is 5.51. The quantitative estimate of drug-likeness (QED) is 0.767. The summed E-state index contributed by atoms with van der Waals surface area (Å²) in [6.07, 6.45) is 5.88. The predicted molar refractivity (Wildman–Crippen MR) is 101 cm³/mol. The number of aromatic nitrogens is 4. The Morgan fingerprint density at radius 3 is 2.70 bits per heavy atom. The third-order valence-electron chi connectivity index (χ3n) is 5.46. The summed E-state index contributed by atoms with van der Waals surface area (Å²) in [5, 5.41) is 10.7. The largest absolute Gasteiger partial charge is 0.373 e. The molecular weight excluding hydrogens is 364 g/mol. The lowest BCUT2D eigenvalue weighted by Gasteiger charge is -2.42. The number of aryl methyl sites for hydroxylation is 1. The van der Waals surface area contributed by atoms with Gasteiger partial charge in [-0.2, -0.15) is 0 Å².